The van der Waals surface area contributed by atoms with Gasteiger partial charge in [0.05, 0.1) is 20.6 Å². The molecule has 0 aliphatic heterocycles. The van der Waals surface area contributed by atoms with E-state index in [1.807, 2.05) is 0 Å². The highest BCUT2D eigenvalue weighted by atomic mass is 35.5. The van der Waals surface area contributed by atoms with E-state index in [0.717, 1.165) is 6.20 Å². The first-order valence-corrected chi connectivity index (χ1v) is 7.86. The van der Waals surface area contributed by atoms with E-state index in [-0.39, 0.29) is 32.0 Å². The van der Waals surface area contributed by atoms with Crippen LogP contribution in [0.3, 0.4) is 0 Å². The van der Waals surface area contributed by atoms with Crippen LogP contribution in [0.25, 0.3) is 0 Å². The number of Topliss-reactive ketones (excluding diaryl/α,β-unsaturated/α-hetero) is 1. The molecular weight excluding hydrogens is 414 g/mol. The Hall–Kier alpha value is -2.27. The summed E-state index contributed by atoms with van der Waals surface area (Å²) < 4.78 is 37.8. The van der Waals surface area contributed by atoms with Crippen molar-refractivity contribution in [1.29, 1.82) is 5.26 Å². The number of pyridine rings is 1. The van der Waals surface area contributed by atoms with E-state index < -0.39 is 17.5 Å². The molecule has 1 heterocycles. The minimum atomic E-state index is -4.59. The molecule has 0 saturated heterocycles. The van der Waals surface area contributed by atoms with E-state index in [9.17, 15) is 18.0 Å². The number of carbonyl (C=O) groups excluding carboxylic acids is 1. The van der Waals surface area contributed by atoms with Crippen molar-refractivity contribution in [3.05, 3.63) is 68.4 Å². The van der Waals surface area contributed by atoms with Gasteiger partial charge in [0, 0.05) is 18.0 Å². The second-order valence-electron chi connectivity index (χ2n) is 4.82. The molecule has 1 aromatic heterocycles. The first kappa shape index (κ1) is 20.0. The van der Waals surface area contributed by atoms with Crippen molar-refractivity contribution in [3.63, 3.8) is 0 Å². The van der Waals surface area contributed by atoms with Crippen molar-refractivity contribution in [1.82, 2.24) is 4.98 Å². The maximum atomic E-state index is 12.6. The van der Waals surface area contributed by atoms with Gasteiger partial charge in [-0.3, -0.25) is 4.79 Å². The average molecular weight is 421 g/mol. The molecular formula is C16H7Cl3F3N3O. The molecule has 1 aromatic carbocycles. The number of rotatable bonds is 4. The lowest BCUT2D eigenvalue weighted by Crippen LogP contribution is -2.07. The number of aromatic nitrogens is 1. The predicted molar refractivity (Wildman–Crippen MR) is 92.4 cm³/mol. The highest BCUT2D eigenvalue weighted by Gasteiger charge is 2.31. The van der Waals surface area contributed by atoms with Gasteiger partial charge in [0.15, 0.2) is 0 Å². The Morgan fingerprint density at radius 2 is 1.85 bits per heavy atom. The molecule has 0 aliphatic carbocycles. The minimum absolute atomic E-state index is 0.112. The molecule has 1 N–H and O–H groups in total. The summed E-state index contributed by atoms with van der Waals surface area (Å²) in [6.45, 7) is 0. The highest BCUT2D eigenvalue weighted by molar-refractivity contribution is 6.42. The molecule has 0 spiro atoms. The molecule has 0 bridgehead atoms. The molecule has 0 unspecified atom stereocenters. The summed E-state index contributed by atoms with van der Waals surface area (Å²) in [5.74, 6) is -0.809. The largest absolute Gasteiger partial charge is 0.417 e. The number of nitrogens with one attached hydrogen (secondary N) is 1. The van der Waals surface area contributed by atoms with Crippen LogP contribution in [0.2, 0.25) is 15.1 Å². The summed E-state index contributed by atoms with van der Waals surface area (Å²) in [6, 6.07) is 6.43. The van der Waals surface area contributed by atoms with Crippen molar-refractivity contribution in [2.24, 2.45) is 0 Å². The summed E-state index contributed by atoms with van der Waals surface area (Å²) in [4.78, 5) is 15.8. The van der Waals surface area contributed by atoms with Crippen molar-refractivity contribution in [2.75, 3.05) is 5.32 Å². The Labute approximate surface area is 160 Å². The monoisotopic (exact) mass is 419 g/mol. The van der Waals surface area contributed by atoms with E-state index in [0.29, 0.717) is 12.3 Å². The van der Waals surface area contributed by atoms with Gasteiger partial charge in [-0.1, -0.05) is 34.8 Å². The number of nitrogens with zero attached hydrogens (tertiary/aromatic N) is 2. The Morgan fingerprint density at radius 1 is 1.15 bits per heavy atom. The molecule has 0 fully saturated rings. The lowest BCUT2D eigenvalue weighted by molar-refractivity contribution is -0.137. The average Bonchev–Trinajstić information content (AvgIpc) is 2.57. The zero-order chi connectivity index (χ0) is 19.5. The molecule has 0 saturated carbocycles. The van der Waals surface area contributed by atoms with Crippen molar-refractivity contribution >= 4 is 46.4 Å². The molecule has 0 aliphatic rings. The third-order valence-electron chi connectivity index (χ3n) is 3.07. The van der Waals surface area contributed by atoms with E-state index >= 15 is 0 Å². The number of anilines is 1. The van der Waals surface area contributed by atoms with Crippen LogP contribution < -0.4 is 5.32 Å². The van der Waals surface area contributed by atoms with Crippen molar-refractivity contribution < 1.29 is 18.0 Å². The molecule has 4 nitrogen and oxygen atoms in total. The molecule has 2 rings (SSSR count). The van der Waals surface area contributed by atoms with Gasteiger partial charge in [-0.05, 0) is 24.3 Å². The Kier molecular flexibility index (Phi) is 6.13. The van der Waals surface area contributed by atoms with Crippen LogP contribution in [0, 0.1) is 11.3 Å². The molecule has 0 radical (unpaired) electrons. The fraction of sp³-hybridized carbons (Fsp3) is 0.0625. The number of alkyl halides is 3. The van der Waals surface area contributed by atoms with Crippen molar-refractivity contribution in [3.8, 4) is 6.07 Å². The fourth-order valence-electron chi connectivity index (χ4n) is 1.78. The summed E-state index contributed by atoms with van der Waals surface area (Å²) in [7, 11) is 0. The van der Waals surface area contributed by atoms with E-state index in [4.69, 9.17) is 40.1 Å². The first-order valence-electron chi connectivity index (χ1n) is 6.72. The Balaban J connectivity index is 2.26. The maximum Gasteiger partial charge on any atom is 0.417 e. The van der Waals surface area contributed by atoms with Crippen LogP contribution in [0.4, 0.5) is 19.0 Å². The van der Waals surface area contributed by atoms with Crippen LogP contribution >= 0.6 is 34.8 Å². The molecule has 10 heteroatoms. The van der Waals surface area contributed by atoms with Gasteiger partial charge in [-0.15, -0.1) is 0 Å². The summed E-state index contributed by atoms with van der Waals surface area (Å²) in [6.07, 6.45) is -3.02. The molecule has 0 atom stereocenters. The predicted octanol–water partition coefficient (Wildman–Crippen LogP) is 5.76. The second-order valence-corrected chi connectivity index (χ2v) is 6.05. The van der Waals surface area contributed by atoms with Gasteiger partial charge >= 0.3 is 6.18 Å². The third-order valence-corrected chi connectivity index (χ3v) is 4.10. The Bertz CT molecular complexity index is 937. The van der Waals surface area contributed by atoms with Gasteiger partial charge in [0.25, 0.3) is 0 Å². The van der Waals surface area contributed by atoms with Gasteiger partial charge < -0.3 is 5.32 Å². The van der Waals surface area contributed by atoms with Gasteiger partial charge in [-0.2, -0.15) is 18.4 Å². The smallest absolute Gasteiger partial charge is 0.344 e. The lowest BCUT2D eigenvalue weighted by atomic mass is 10.1. The fourth-order valence-corrected chi connectivity index (χ4v) is 2.30. The maximum absolute atomic E-state index is 12.6. The molecule has 134 valence electrons. The number of hydrogen-bond donors (Lipinski definition) is 1. The number of allylic oxidation sites excluding steroid dienone is 1. The first-order chi connectivity index (χ1) is 12.1. The van der Waals surface area contributed by atoms with Crippen LogP contribution in [-0.4, -0.2) is 10.8 Å². The number of benzene rings is 1. The third kappa shape index (κ3) is 4.67. The van der Waals surface area contributed by atoms with Gasteiger partial charge in [0.1, 0.15) is 17.5 Å². The molecule has 26 heavy (non-hydrogen) atoms. The number of hydrogen-bond acceptors (Lipinski definition) is 4. The van der Waals surface area contributed by atoms with Gasteiger partial charge in [0.2, 0.25) is 5.78 Å². The number of ketones is 1. The summed E-state index contributed by atoms with van der Waals surface area (Å²) in [5, 5.41) is 11.6. The van der Waals surface area contributed by atoms with Crippen molar-refractivity contribution in [2.45, 2.75) is 6.18 Å². The number of carbonyl (C=O) groups is 1. The second kappa shape index (κ2) is 7.96. The standard InChI is InChI=1S/C16H7Cl3F3N3O/c17-11-2-1-8(3-12(11)18)14(26)9(5-23)6-24-15-13(19)4-10(7-25-15)16(20,21)22/h1-4,6-7H,(H,24,25)/b9-6-. The van der Waals surface area contributed by atoms with Gasteiger partial charge in [-0.25, -0.2) is 4.98 Å². The normalized spacial score (nSPS) is 11.8. The van der Waals surface area contributed by atoms with Crippen LogP contribution in [-0.2, 0) is 6.18 Å². The molecule has 2 aromatic rings. The topological polar surface area (TPSA) is 65.8 Å². The zero-order valence-corrected chi connectivity index (χ0v) is 14.8. The van der Waals surface area contributed by atoms with Crippen LogP contribution in [0.15, 0.2) is 42.2 Å². The minimum Gasteiger partial charge on any atom is -0.344 e. The number of halogens is 6. The SMILES string of the molecule is N#C/C(=C/Nc1ncc(C(F)(F)F)cc1Cl)C(=O)c1ccc(Cl)c(Cl)c1. The van der Waals surface area contributed by atoms with E-state index in [1.165, 1.54) is 18.2 Å². The quantitative estimate of drug-likeness (QED) is 0.388. The number of nitriles is 1. The Morgan fingerprint density at radius 3 is 2.38 bits per heavy atom. The molecule has 0 amide bonds. The summed E-state index contributed by atoms with van der Waals surface area (Å²) in [5.41, 5.74) is -1.24. The van der Waals surface area contributed by atoms with Crippen LogP contribution in [0.1, 0.15) is 15.9 Å². The lowest BCUT2D eigenvalue weighted by Gasteiger charge is -2.09. The van der Waals surface area contributed by atoms with E-state index in [2.05, 4.69) is 10.3 Å². The summed E-state index contributed by atoms with van der Waals surface area (Å²) >= 11 is 17.3. The van der Waals surface area contributed by atoms with E-state index in [1.54, 1.807) is 6.07 Å². The highest BCUT2D eigenvalue weighted by Crippen LogP contribution is 2.32. The van der Waals surface area contributed by atoms with Crippen LogP contribution in [0.5, 0.6) is 0 Å². The zero-order valence-electron chi connectivity index (χ0n) is 12.5.